The molecule has 0 bridgehead atoms. The molecule has 1 N–H and O–H groups in total. The van der Waals surface area contributed by atoms with Gasteiger partial charge in [0.2, 0.25) is 12.9 Å². The van der Waals surface area contributed by atoms with Crippen molar-refractivity contribution in [3.05, 3.63) is 81.8 Å². The summed E-state index contributed by atoms with van der Waals surface area (Å²) in [6.45, 7) is 0.361. The molecule has 2 heterocycles. The third kappa shape index (κ3) is 4.38. The molecule has 6 nitrogen and oxygen atoms in total. The molecule has 148 valence electrons. The van der Waals surface area contributed by atoms with E-state index < -0.39 is 23.8 Å². The Kier molecular flexibility index (Phi) is 5.44. The number of rotatable bonds is 6. The number of hydrogen-bond donors (Lipinski definition) is 1. The molecule has 4 rings (SSSR count). The van der Waals surface area contributed by atoms with Crippen molar-refractivity contribution >= 4 is 23.2 Å². The summed E-state index contributed by atoms with van der Waals surface area (Å²) in [5.74, 6) is -0.324. The zero-order valence-corrected chi connectivity index (χ0v) is 15.9. The Bertz CT molecular complexity index is 1020. The van der Waals surface area contributed by atoms with Crippen LogP contribution in [0.5, 0.6) is 11.5 Å². The number of thiophene rings is 1. The highest BCUT2D eigenvalue weighted by Crippen LogP contribution is 2.32. The minimum Gasteiger partial charge on any atom is -0.454 e. The van der Waals surface area contributed by atoms with Crippen molar-refractivity contribution in [2.45, 2.75) is 12.6 Å². The number of nitrogens with one attached hydrogen (secondary N) is 1. The van der Waals surface area contributed by atoms with E-state index in [0.29, 0.717) is 21.9 Å². The Morgan fingerprint density at radius 3 is 2.66 bits per heavy atom. The van der Waals surface area contributed by atoms with Crippen molar-refractivity contribution in [2.75, 3.05) is 6.79 Å². The van der Waals surface area contributed by atoms with Crippen LogP contribution in [0, 0.1) is 5.82 Å². The van der Waals surface area contributed by atoms with E-state index in [1.54, 1.807) is 35.7 Å². The molecule has 2 aromatic carbocycles. The molecule has 1 aliphatic heterocycles. The number of halogens is 1. The summed E-state index contributed by atoms with van der Waals surface area (Å²) in [6, 6.07) is 13.9. The molecule has 0 spiro atoms. The van der Waals surface area contributed by atoms with Crippen molar-refractivity contribution in [1.82, 2.24) is 5.32 Å². The van der Waals surface area contributed by atoms with E-state index in [4.69, 9.17) is 14.2 Å². The van der Waals surface area contributed by atoms with E-state index >= 15 is 0 Å². The van der Waals surface area contributed by atoms with Crippen molar-refractivity contribution in [2.24, 2.45) is 0 Å². The van der Waals surface area contributed by atoms with E-state index in [1.807, 2.05) is 0 Å². The number of fused-ring (bicyclic) bond motifs is 1. The summed E-state index contributed by atoms with van der Waals surface area (Å²) in [7, 11) is 0. The normalized spacial score (nSPS) is 13.0. The lowest BCUT2D eigenvalue weighted by Crippen LogP contribution is -2.31. The quantitative estimate of drug-likeness (QED) is 0.622. The molecule has 8 heteroatoms. The number of ether oxygens (including phenoxy) is 3. The van der Waals surface area contributed by atoms with Crippen LogP contribution < -0.4 is 14.8 Å². The van der Waals surface area contributed by atoms with Gasteiger partial charge in [0.15, 0.2) is 11.5 Å². The van der Waals surface area contributed by atoms with Crippen LogP contribution in [0.25, 0.3) is 0 Å². The minimum atomic E-state index is -1.21. The monoisotopic (exact) mass is 413 g/mol. The van der Waals surface area contributed by atoms with Gasteiger partial charge in [0.05, 0.1) is 0 Å². The Labute approximate surface area is 169 Å². The molecular formula is C21H16FNO5S. The van der Waals surface area contributed by atoms with Crippen LogP contribution in [0.1, 0.15) is 26.9 Å². The second kappa shape index (κ2) is 8.32. The molecule has 1 amide bonds. The number of esters is 1. The second-order valence-corrected chi connectivity index (χ2v) is 7.17. The fourth-order valence-corrected chi connectivity index (χ4v) is 3.41. The Morgan fingerprint density at radius 1 is 1.10 bits per heavy atom. The van der Waals surface area contributed by atoms with Gasteiger partial charge in [-0.15, -0.1) is 11.3 Å². The van der Waals surface area contributed by atoms with Gasteiger partial charge in [-0.3, -0.25) is 4.79 Å². The molecule has 0 radical (unpaired) electrons. The predicted molar refractivity (Wildman–Crippen MR) is 103 cm³/mol. The van der Waals surface area contributed by atoms with E-state index in [0.717, 1.165) is 5.56 Å². The molecule has 3 aromatic rings. The maximum atomic E-state index is 13.3. The van der Waals surface area contributed by atoms with Gasteiger partial charge in [-0.1, -0.05) is 24.3 Å². The third-order valence-electron chi connectivity index (χ3n) is 4.26. The predicted octanol–water partition coefficient (Wildman–Crippen LogP) is 3.83. The summed E-state index contributed by atoms with van der Waals surface area (Å²) in [6.07, 6.45) is -1.21. The molecular weight excluding hydrogens is 397 g/mol. The summed E-state index contributed by atoms with van der Waals surface area (Å²) in [5, 5.41) is 4.49. The van der Waals surface area contributed by atoms with Crippen molar-refractivity contribution in [1.29, 1.82) is 0 Å². The Hall–Kier alpha value is -3.39. The fourth-order valence-electron chi connectivity index (χ4n) is 2.80. The molecule has 1 aliphatic rings. The molecule has 0 saturated carbocycles. The van der Waals surface area contributed by atoms with Gasteiger partial charge < -0.3 is 19.5 Å². The van der Waals surface area contributed by atoms with Crippen molar-refractivity contribution < 1.29 is 28.2 Å². The number of carbonyl (C=O) groups excluding carboxylic acids is 2. The fraction of sp³-hybridized carbons (Fsp3) is 0.143. The first-order chi connectivity index (χ1) is 14.1. The van der Waals surface area contributed by atoms with E-state index in [-0.39, 0.29) is 13.3 Å². The van der Waals surface area contributed by atoms with Crippen LogP contribution in [-0.2, 0) is 16.1 Å². The lowest BCUT2D eigenvalue weighted by atomic mass is 10.1. The largest absolute Gasteiger partial charge is 0.454 e. The first-order valence-electron chi connectivity index (χ1n) is 8.76. The lowest BCUT2D eigenvalue weighted by molar-refractivity contribution is -0.130. The Morgan fingerprint density at radius 2 is 1.90 bits per heavy atom. The van der Waals surface area contributed by atoms with Crippen molar-refractivity contribution in [3.63, 3.8) is 0 Å². The van der Waals surface area contributed by atoms with Gasteiger partial charge in [0.1, 0.15) is 10.7 Å². The van der Waals surface area contributed by atoms with E-state index in [9.17, 15) is 14.0 Å². The summed E-state index contributed by atoms with van der Waals surface area (Å²) >= 11 is 1.21. The maximum Gasteiger partial charge on any atom is 0.349 e. The first-order valence-corrected chi connectivity index (χ1v) is 9.64. The van der Waals surface area contributed by atoms with Crippen LogP contribution in [-0.4, -0.2) is 18.7 Å². The highest BCUT2D eigenvalue weighted by atomic mass is 32.1. The smallest absolute Gasteiger partial charge is 0.349 e. The standard InChI is InChI=1S/C21H16FNO5S/c22-15-6-4-14(5-7-15)19(28-21(25)18-2-1-9-29-18)20(24)23-11-13-3-8-16-17(10-13)27-12-26-16/h1-10,19H,11-12H2,(H,23,24)/t19-/m1/s1. The zero-order valence-electron chi connectivity index (χ0n) is 15.1. The summed E-state index contributed by atoms with van der Waals surface area (Å²) in [4.78, 5) is 25.5. The van der Waals surface area contributed by atoms with Gasteiger partial charge in [0, 0.05) is 12.1 Å². The summed E-state index contributed by atoms with van der Waals surface area (Å²) < 4.78 is 29.3. The molecule has 0 saturated heterocycles. The molecule has 0 fully saturated rings. The number of carbonyl (C=O) groups is 2. The molecule has 1 aromatic heterocycles. The lowest BCUT2D eigenvalue weighted by Gasteiger charge is -2.18. The third-order valence-corrected chi connectivity index (χ3v) is 5.11. The van der Waals surface area contributed by atoms with Crippen LogP contribution in [0.3, 0.4) is 0 Å². The highest BCUT2D eigenvalue weighted by molar-refractivity contribution is 7.11. The van der Waals surface area contributed by atoms with Gasteiger partial charge in [-0.25, -0.2) is 9.18 Å². The van der Waals surface area contributed by atoms with Crippen molar-refractivity contribution in [3.8, 4) is 11.5 Å². The molecule has 1 atom stereocenters. The molecule has 29 heavy (non-hydrogen) atoms. The minimum absolute atomic E-state index is 0.163. The van der Waals surface area contributed by atoms with Crippen LogP contribution in [0.4, 0.5) is 4.39 Å². The van der Waals surface area contributed by atoms with E-state index in [2.05, 4.69) is 5.32 Å². The highest BCUT2D eigenvalue weighted by Gasteiger charge is 2.26. The van der Waals surface area contributed by atoms with Gasteiger partial charge >= 0.3 is 5.97 Å². The Balaban J connectivity index is 1.49. The van der Waals surface area contributed by atoms with E-state index in [1.165, 1.54) is 35.6 Å². The maximum absolute atomic E-state index is 13.3. The SMILES string of the molecule is O=C(O[C@@H](C(=O)NCc1ccc2c(c1)OCO2)c1ccc(F)cc1)c1cccs1. The van der Waals surface area contributed by atoms with Crippen LogP contribution in [0.15, 0.2) is 60.0 Å². The average molecular weight is 413 g/mol. The number of hydrogen-bond acceptors (Lipinski definition) is 6. The molecule has 0 aliphatic carbocycles. The second-order valence-electron chi connectivity index (χ2n) is 6.22. The summed E-state index contributed by atoms with van der Waals surface area (Å²) in [5.41, 5.74) is 1.17. The van der Waals surface area contributed by atoms with Gasteiger partial charge in [0.25, 0.3) is 5.91 Å². The van der Waals surface area contributed by atoms with Crippen LogP contribution in [0.2, 0.25) is 0 Å². The number of amides is 1. The van der Waals surface area contributed by atoms with Gasteiger partial charge in [-0.05, 0) is 41.3 Å². The zero-order chi connectivity index (χ0) is 20.2. The van der Waals surface area contributed by atoms with Gasteiger partial charge in [-0.2, -0.15) is 0 Å². The first kappa shape index (κ1) is 18.9. The average Bonchev–Trinajstić information content (AvgIpc) is 3.42. The number of benzene rings is 2. The van der Waals surface area contributed by atoms with Crippen LogP contribution >= 0.6 is 11.3 Å². The molecule has 0 unspecified atom stereocenters. The topological polar surface area (TPSA) is 73.9 Å².